The van der Waals surface area contributed by atoms with Gasteiger partial charge in [-0.3, -0.25) is 14.3 Å². The molecule has 3 aliphatic rings. The average molecular weight is 365 g/mol. The first-order valence-electron chi connectivity index (χ1n) is 9.45. The molecule has 0 radical (unpaired) electrons. The lowest BCUT2D eigenvalue weighted by Crippen LogP contribution is -2.61. The van der Waals surface area contributed by atoms with Gasteiger partial charge in [0.1, 0.15) is 11.4 Å². The molecule has 7 heteroatoms. The van der Waals surface area contributed by atoms with E-state index in [0.717, 1.165) is 30.6 Å². The predicted octanol–water partition coefficient (Wildman–Crippen LogP) is 1.76. The third-order valence-corrected chi connectivity index (χ3v) is 6.32. The van der Waals surface area contributed by atoms with Crippen molar-refractivity contribution in [3.63, 3.8) is 0 Å². The van der Waals surface area contributed by atoms with Crippen LogP contribution in [0.15, 0.2) is 30.5 Å². The molecular formula is C20H23N5O2. The fourth-order valence-corrected chi connectivity index (χ4v) is 4.98. The number of carbonyl (C=O) groups excluding carboxylic acids is 2. The summed E-state index contributed by atoms with van der Waals surface area (Å²) in [5, 5.41) is 11.1. The Morgan fingerprint density at radius 2 is 2.11 bits per heavy atom. The SMILES string of the molecule is Cc1ccc2c(c1)C(=O)N[C@]1(CC[C@H]3CN(C(=O)c4ccn(C)n4)C[C@H]31)N2. The summed E-state index contributed by atoms with van der Waals surface area (Å²) in [5.41, 5.74) is 2.67. The van der Waals surface area contributed by atoms with E-state index in [9.17, 15) is 9.59 Å². The number of anilines is 1. The van der Waals surface area contributed by atoms with Crippen molar-refractivity contribution in [2.75, 3.05) is 18.4 Å². The molecular weight excluding hydrogens is 342 g/mol. The number of hydrogen-bond donors (Lipinski definition) is 2. The maximum Gasteiger partial charge on any atom is 0.274 e. The number of rotatable bonds is 1. The summed E-state index contributed by atoms with van der Waals surface area (Å²) in [6.07, 6.45) is 3.66. The highest BCUT2D eigenvalue weighted by Crippen LogP contribution is 2.47. The molecule has 2 aliphatic heterocycles. The zero-order valence-corrected chi connectivity index (χ0v) is 15.5. The van der Waals surface area contributed by atoms with Crippen LogP contribution in [0.25, 0.3) is 0 Å². The zero-order valence-electron chi connectivity index (χ0n) is 15.5. The molecule has 0 bridgehead atoms. The number of aryl methyl sites for hydroxylation is 2. The second-order valence-electron chi connectivity index (χ2n) is 8.09. The number of likely N-dealkylation sites (tertiary alicyclic amines) is 1. The predicted molar refractivity (Wildman–Crippen MR) is 100 cm³/mol. The van der Waals surface area contributed by atoms with Gasteiger partial charge >= 0.3 is 0 Å². The van der Waals surface area contributed by atoms with Gasteiger partial charge in [-0.15, -0.1) is 0 Å². The third-order valence-electron chi connectivity index (χ3n) is 6.32. The Balaban J connectivity index is 1.41. The van der Waals surface area contributed by atoms with Crippen LogP contribution >= 0.6 is 0 Å². The van der Waals surface area contributed by atoms with Gasteiger partial charge in [0, 0.05) is 37.9 Å². The number of amides is 2. The molecule has 1 saturated heterocycles. The van der Waals surface area contributed by atoms with Crippen molar-refractivity contribution >= 4 is 17.5 Å². The van der Waals surface area contributed by atoms with Gasteiger partial charge in [0.15, 0.2) is 0 Å². The summed E-state index contributed by atoms with van der Waals surface area (Å²) < 4.78 is 1.65. The summed E-state index contributed by atoms with van der Waals surface area (Å²) in [5.74, 6) is 0.530. The van der Waals surface area contributed by atoms with Crippen molar-refractivity contribution in [2.24, 2.45) is 18.9 Å². The average Bonchev–Trinajstić information content (AvgIpc) is 3.33. The molecule has 2 N–H and O–H groups in total. The maximum atomic E-state index is 12.8. The summed E-state index contributed by atoms with van der Waals surface area (Å²) in [7, 11) is 1.81. The minimum absolute atomic E-state index is 0.0254. The monoisotopic (exact) mass is 365 g/mol. The summed E-state index contributed by atoms with van der Waals surface area (Å²) in [4.78, 5) is 27.5. The van der Waals surface area contributed by atoms with Crippen LogP contribution in [0.2, 0.25) is 0 Å². The Kier molecular flexibility index (Phi) is 3.38. The van der Waals surface area contributed by atoms with Gasteiger partial charge in [0.2, 0.25) is 0 Å². The normalized spacial score (nSPS) is 28.7. The molecule has 140 valence electrons. The van der Waals surface area contributed by atoms with Gasteiger partial charge in [-0.25, -0.2) is 0 Å². The van der Waals surface area contributed by atoms with Gasteiger partial charge in [0.25, 0.3) is 11.8 Å². The standard InChI is InChI=1S/C20H23N5O2/c1-12-3-4-16-14(9-12)18(26)22-20(21-16)7-5-13-10-25(11-15(13)20)19(27)17-6-8-24(2)23-17/h3-4,6,8-9,13,15,21H,5,7,10-11H2,1-2H3,(H,22,26)/t13-,15+,20-/m0/s1. The first kappa shape index (κ1) is 16.4. The van der Waals surface area contributed by atoms with E-state index in [4.69, 9.17) is 0 Å². The second-order valence-corrected chi connectivity index (χ2v) is 8.09. The van der Waals surface area contributed by atoms with Crippen LogP contribution in [0, 0.1) is 18.8 Å². The van der Waals surface area contributed by atoms with Crippen LogP contribution in [0.3, 0.4) is 0 Å². The van der Waals surface area contributed by atoms with Crippen molar-refractivity contribution in [1.29, 1.82) is 0 Å². The van der Waals surface area contributed by atoms with Gasteiger partial charge in [-0.1, -0.05) is 11.6 Å². The topological polar surface area (TPSA) is 79.3 Å². The molecule has 27 heavy (non-hydrogen) atoms. The molecule has 5 rings (SSSR count). The molecule has 1 aromatic heterocycles. The van der Waals surface area contributed by atoms with Crippen molar-refractivity contribution in [3.05, 3.63) is 47.3 Å². The smallest absolute Gasteiger partial charge is 0.274 e. The molecule has 7 nitrogen and oxygen atoms in total. The van der Waals surface area contributed by atoms with E-state index in [1.54, 1.807) is 16.9 Å². The lowest BCUT2D eigenvalue weighted by atomic mass is 9.89. The first-order chi connectivity index (χ1) is 12.9. The van der Waals surface area contributed by atoms with E-state index < -0.39 is 5.66 Å². The van der Waals surface area contributed by atoms with E-state index in [-0.39, 0.29) is 17.7 Å². The summed E-state index contributed by atoms with van der Waals surface area (Å²) in [6, 6.07) is 7.69. The highest BCUT2D eigenvalue weighted by atomic mass is 16.2. The number of fused-ring (bicyclic) bond motifs is 3. The van der Waals surface area contributed by atoms with Crippen molar-refractivity contribution in [1.82, 2.24) is 20.0 Å². The molecule has 2 amide bonds. The van der Waals surface area contributed by atoms with Gasteiger partial charge < -0.3 is 15.5 Å². The van der Waals surface area contributed by atoms with E-state index in [1.807, 2.05) is 37.1 Å². The lowest BCUT2D eigenvalue weighted by Gasteiger charge is -2.42. The molecule has 0 unspecified atom stereocenters. The molecule has 1 spiro atoms. The summed E-state index contributed by atoms with van der Waals surface area (Å²) in [6.45, 7) is 3.34. The Labute approximate surface area is 157 Å². The largest absolute Gasteiger partial charge is 0.362 e. The lowest BCUT2D eigenvalue weighted by molar-refractivity contribution is 0.0761. The molecule has 2 fully saturated rings. The fourth-order valence-electron chi connectivity index (χ4n) is 4.98. The zero-order chi connectivity index (χ0) is 18.8. The highest BCUT2D eigenvalue weighted by molar-refractivity contribution is 6.02. The van der Waals surface area contributed by atoms with E-state index in [1.165, 1.54) is 0 Å². The third kappa shape index (κ3) is 2.44. The fraction of sp³-hybridized carbons (Fsp3) is 0.450. The quantitative estimate of drug-likeness (QED) is 0.807. The molecule has 1 aromatic carbocycles. The van der Waals surface area contributed by atoms with Crippen LogP contribution in [-0.2, 0) is 7.05 Å². The molecule has 1 aliphatic carbocycles. The van der Waals surface area contributed by atoms with Crippen LogP contribution in [0.4, 0.5) is 5.69 Å². The van der Waals surface area contributed by atoms with E-state index >= 15 is 0 Å². The maximum absolute atomic E-state index is 12.8. The Morgan fingerprint density at radius 3 is 2.89 bits per heavy atom. The van der Waals surface area contributed by atoms with Crippen LogP contribution in [0.1, 0.15) is 39.3 Å². The Bertz CT molecular complexity index is 952. The number of hydrogen-bond acceptors (Lipinski definition) is 4. The van der Waals surface area contributed by atoms with Crippen molar-refractivity contribution in [3.8, 4) is 0 Å². The summed E-state index contributed by atoms with van der Waals surface area (Å²) >= 11 is 0. The van der Waals surface area contributed by atoms with Crippen LogP contribution < -0.4 is 10.6 Å². The van der Waals surface area contributed by atoms with Crippen LogP contribution in [-0.4, -0.2) is 45.2 Å². The van der Waals surface area contributed by atoms with Gasteiger partial charge in [-0.05, 0) is 43.9 Å². The van der Waals surface area contributed by atoms with Crippen LogP contribution in [0.5, 0.6) is 0 Å². The number of nitrogens with one attached hydrogen (secondary N) is 2. The number of carbonyl (C=O) groups is 2. The molecule has 3 atom stereocenters. The molecule has 1 saturated carbocycles. The van der Waals surface area contributed by atoms with Gasteiger partial charge in [-0.2, -0.15) is 5.10 Å². The Morgan fingerprint density at radius 1 is 1.26 bits per heavy atom. The first-order valence-corrected chi connectivity index (χ1v) is 9.45. The number of aromatic nitrogens is 2. The molecule has 3 heterocycles. The van der Waals surface area contributed by atoms with Crippen molar-refractivity contribution in [2.45, 2.75) is 25.4 Å². The minimum Gasteiger partial charge on any atom is -0.362 e. The Hall–Kier alpha value is -2.83. The minimum atomic E-state index is -0.469. The molecule has 2 aromatic rings. The van der Waals surface area contributed by atoms with Crippen molar-refractivity contribution < 1.29 is 9.59 Å². The van der Waals surface area contributed by atoms with Gasteiger partial charge in [0.05, 0.1) is 5.56 Å². The van der Waals surface area contributed by atoms with E-state index in [0.29, 0.717) is 23.7 Å². The van der Waals surface area contributed by atoms with E-state index in [2.05, 4.69) is 15.7 Å². The second kappa shape index (κ2) is 5.58. The number of benzene rings is 1. The highest BCUT2D eigenvalue weighted by Gasteiger charge is 2.55. The number of nitrogens with zero attached hydrogens (tertiary/aromatic N) is 3.